The highest BCUT2D eigenvalue weighted by Crippen LogP contribution is 2.39. The molecule has 0 radical (unpaired) electrons. The monoisotopic (exact) mass is 469 g/mol. The van der Waals surface area contributed by atoms with Gasteiger partial charge >= 0.3 is 0 Å². The molecule has 5 rings (SSSR count). The summed E-state index contributed by atoms with van der Waals surface area (Å²) in [5.74, 6) is -0.658. The van der Waals surface area contributed by atoms with Gasteiger partial charge in [-0.1, -0.05) is 18.2 Å². The first-order chi connectivity index (χ1) is 15.6. The van der Waals surface area contributed by atoms with Gasteiger partial charge in [-0.3, -0.25) is 14.5 Å². The minimum atomic E-state index is -0.493. The summed E-state index contributed by atoms with van der Waals surface area (Å²) in [7, 11) is 0. The Hall–Kier alpha value is -2.55. The van der Waals surface area contributed by atoms with E-state index in [4.69, 9.17) is 0 Å². The molecule has 2 aliphatic rings. The zero-order valence-electron chi connectivity index (χ0n) is 17.6. The smallest absolute Gasteiger partial charge is 0.256 e. The molecular formula is C24H24FN3O2S2. The Bertz CT molecular complexity index is 1110. The quantitative estimate of drug-likeness (QED) is 0.583. The van der Waals surface area contributed by atoms with E-state index in [0.717, 1.165) is 13.0 Å². The molecule has 5 nitrogen and oxygen atoms in total. The van der Waals surface area contributed by atoms with Crippen LogP contribution in [0.1, 0.15) is 31.7 Å². The van der Waals surface area contributed by atoms with Gasteiger partial charge in [0, 0.05) is 42.5 Å². The number of halogens is 1. The van der Waals surface area contributed by atoms with Crippen molar-refractivity contribution < 1.29 is 14.0 Å². The van der Waals surface area contributed by atoms with Gasteiger partial charge in [-0.25, -0.2) is 4.39 Å². The van der Waals surface area contributed by atoms with Gasteiger partial charge in [0.05, 0.1) is 18.2 Å². The molecule has 0 spiro atoms. The number of piperazine rings is 1. The number of amides is 2. The lowest BCUT2D eigenvalue weighted by molar-refractivity contribution is -0.134. The fraction of sp³-hybridized carbons (Fsp3) is 0.333. The van der Waals surface area contributed by atoms with Gasteiger partial charge in [0.1, 0.15) is 5.82 Å². The van der Waals surface area contributed by atoms with Crippen LogP contribution in [0.25, 0.3) is 0 Å². The zero-order chi connectivity index (χ0) is 22.1. The third-order valence-corrected chi connectivity index (χ3v) is 8.14. The maximum absolute atomic E-state index is 14.0. The molecule has 1 atom stereocenters. The van der Waals surface area contributed by atoms with E-state index in [1.165, 1.54) is 27.5 Å². The standard InChI is InChI=1S/C24H24FN3O2S2/c25-19-5-2-1-4-17(19)24(30)27-12-10-26(11-13-27)16-22(29)28-9-7-20-18(8-15-32-20)23(28)21-6-3-14-31-21/h1-6,8,14-15,23H,7,9-13,16H2. The summed E-state index contributed by atoms with van der Waals surface area (Å²) >= 11 is 3.46. The maximum atomic E-state index is 14.0. The Morgan fingerprint density at radius 1 is 0.938 bits per heavy atom. The van der Waals surface area contributed by atoms with Gasteiger partial charge in [0.2, 0.25) is 5.91 Å². The third-order valence-electron chi connectivity index (χ3n) is 6.22. The van der Waals surface area contributed by atoms with E-state index in [1.807, 2.05) is 11.0 Å². The Kier molecular flexibility index (Phi) is 6.08. The van der Waals surface area contributed by atoms with Gasteiger partial charge < -0.3 is 9.80 Å². The molecule has 0 bridgehead atoms. The van der Waals surface area contributed by atoms with Crippen molar-refractivity contribution in [3.63, 3.8) is 0 Å². The first kappa shape index (κ1) is 21.3. The first-order valence-corrected chi connectivity index (χ1v) is 12.5. The number of rotatable bonds is 4. The lowest BCUT2D eigenvalue weighted by Crippen LogP contribution is -2.52. The highest BCUT2D eigenvalue weighted by molar-refractivity contribution is 7.10. The summed E-state index contributed by atoms with van der Waals surface area (Å²) in [6.07, 6.45) is 0.894. The van der Waals surface area contributed by atoms with Crippen molar-refractivity contribution in [1.82, 2.24) is 14.7 Å². The molecule has 1 saturated heterocycles. The number of hydrogen-bond donors (Lipinski definition) is 0. The summed E-state index contributed by atoms with van der Waals surface area (Å²) in [5, 5.41) is 4.18. The molecule has 8 heteroatoms. The molecule has 2 amide bonds. The SMILES string of the molecule is O=C(c1ccccc1F)N1CCN(CC(=O)N2CCc3sccc3C2c2cccs2)CC1. The molecule has 1 fully saturated rings. The van der Waals surface area contributed by atoms with Crippen molar-refractivity contribution in [1.29, 1.82) is 0 Å². The predicted molar refractivity (Wildman–Crippen MR) is 125 cm³/mol. The Balaban J connectivity index is 1.23. The van der Waals surface area contributed by atoms with Gasteiger partial charge in [-0.2, -0.15) is 0 Å². The van der Waals surface area contributed by atoms with Crippen LogP contribution in [0.4, 0.5) is 4.39 Å². The van der Waals surface area contributed by atoms with Gasteiger partial charge in [0.15, 0.2) is 0 Å². The molecule has 1 unspecified atom stereocenters. The number of nitrogens with zero attached hydrogens (tertiary/aromatic N) is 3. The molecule has 0 aliphatic carbocycles. The average molecular weight is 470 g/mol. The molecule has 0 saturated carbocycles. The van der Waals surface area contributed by atoms with E-state index in [1.54, 1.807) is 39.7 Å². The topological polar surface area (TPSA) is 43.9 Å². The molecular weight excluding hydrogens is 445 g/mol. The number of fused-ring (bicyclic) bond motifs is 1. The fourth-order valence-electron chi connectivity index (χ4n) is 4.53. The van der Waals surface area contributed by atoms with Crippen LogP contribution in [0.5, 0.6) is 0 Å². The van der Waals surface area contributed by atoms with Crippen LogP contribution in [0.15, 0.2) is 53.2 Å². The molecule has 3 aromatic rings. The van der Waals surface area contributed by atoms with Crippen molar-refractivity contribution in [2.24, 2.45) is 0 Å². The van der Waals surface area contributed by atoms with Crippen molar-refractivity contribution in [3.8, 4) is 0 Å². The largest absolute Gasteiger partial charge is 0.336 e. The van der Waals surface area contributed by atoms with Crippen molar-refractivity contribution in [2.45, 2.75) is 12.5 Å². The van der Waals surface area contributed by atoms with Crippen molar-refractivity contribution >= 4 is 34.5 Å². The third kappa shape index (κ3) is 4.10. The Morgan fingerprint density at radius 3 is 2.50 bits per heavy atom. The minimum Gasteiger partial charge on any atom is -0.336 e. The summed E-state index contributed by atoms with van der Waals surface area (Å²) in [6.45, 7) is 3.25. The van der Waals surface area contributed by atoms with Crippen LogP contribution in [0.3, 0.4) is 0 Å². The van der Waals surface area contributed by atoms with Crippen LogP contribution in [0.2, 0.25) is 0 Å². The number of carbonyl (C=O) groups is 2. The van der Waals surface area contributed by atoms with Crippen LogP contribution >= 0.6 is 22.7 Å². The Labute approximate surface area is 194 Å². The molecule has 32 heavy (non-hydrogen) atoms. The first-order valence-electron chi connectivity index (χ1n) is 10.8. The van der Waals surface area contributed by atoms with E-state index < -0.39 is 5.82 Å². The van der Waals surface area contributed by atoms with Gasteiger partial charge in [0.25, 0.3) is 5.91 Å². The van der Waals surface area contributed by atoms with Crippen molar-refractivity contribution in [3.05, 3.63) is 79.9 Å². The minimum absolute atomic E-state index is 0.0126. The summed E-state index contributed by atoms with van der Waals surface area (Å²) in [6, 6.07) is 12.4. The maximum Gasteiger partial charge on any atom is 0.256 e. The van der Waals surface area contributed by atoms with E-state index >= 15 is 0 Å². The summed E-state index contributed by atoms with van der Waals surface area (Å²) in [5.41, 5.74) is 1.35. The van der Waals surface area contributed by atoms with Crippen LogP contribution < -0.4 is 0 Å². The summed E-state index contributed by atoms with van der Waals surface area (Å²) in [4.78, 5) is 34.3. The molecule has 0 N–H and O–H groups in total. The normalized spacial score (nSPS) is 19.1. The molecule has 2 aliphatic heterocycles. The number of hydrogen-bond acceptors (Lipinski definition) is 5. The molecule has 2 aromatic heterocycles. The van der Waals surface area contributed by atoms with E-state index in [9.17, 15) is 14.0 Å². The fourth-order valence-corrected chi connectivity index (χ4v) is 6.29. The van der Waals surface area contributed by atoms with E-state index in [0.29, 0.717) is 32.7 Å². The highest BCUT2D eigenvalue weighted by atomic mass is 32.1. The lowest BCUT2D eigenvalue weighted by Gasteiger charge is -2.39. The molecule has 166 valence electrons. The van der Waals surface area contributed by atoms with Crippen LogP contribution in [0, 0.1) is 5.82 Å². The van der Waals surface area contributed by atoms with Crippen molar-refractivity contribution in [2.75, 3.05) is 39.3 Å². The number of benzene rings is 1. The van der Waals surface area contributed by atoms with E-state index in [-0.39, 0.29) is 23.4 Å². The predicted octanol–water partition coefficient (Wildman–Crippen LogP) is 3.88. The van der Waals surface area contributed by atoms with Gasteiger partial charge in [-0.05, 0) is 47.0 Å². The summed E-state index contributed by atoms with van der Waals surface area (Å²) < 4.78 is 14.0. The molecule has 1 aromatic carbocycles. The average Bonchev–Trinajstić information content (AvgIpc) is 3.51. The second-order valence-electron chi connectivity index (χ2n) is 8.10. The second-order valence-corrected chi connectivity index (χ2v) is 10.1. The van der Waals surface area contributed by atoms with E-state index in [2.05, 4.69) is 27.8 Å². The van der Waals surface area contributed by atoms with Crippen LogP contribution in [-0.4, -0.2) is 65.8 Å². The number of thiophene rings is 2. The molecule has 4 heterocycles. The number of carbonyl (C=O) groups excluding carboxylic acids is 2. The Morgan fingerprint density at radius 2 is 1.75 bits per heavy atom. The highest BCUT2D eigenvalue weighted by Gasteiger charge is 2.34. The van der Waals surface area contributed by atoms with Crippen LogP contribution in [-0.2, 0) is 11.2 Å². The van der Waals surface area contributed by atoms with Gasteiger partial charge in [-0.15, -0.1) is 22.7 Å². The zero-order valence-corrected chi connectivity index (χ0v) is 19.2. The lowest BCUT2D eigenvalue weighted by atomic mass is 9.98. The second kappa shape index (κ2) is 9.13.